The van der Waals surface area contributed by atoms with Crippen molar-refractivity contribution in [2.75, 3.05) is 26.2 Å². The highest BCUT2D eigenvalue weighted by molar-refractivity contribution is 5.23. The van der Waals surface area contributed by atoms with E-state index < -0.39 is 0 Å². The van der Waals surface area contributed by atoms with Crippen molar-refractivity contribution in [3.05, 3.63) is 24.3 Å². The fourth-order valence-electron chi connectivity index (χ4n) is 2.29. The molecule has 1 saturated heterocycles. The maximum atomic E-state index is 3.47. The molecule has 0 amide bonds. The standard InChI is InChI=1S/C11H18N2/c1-2-12-8-11-6-4-3-5-10(11)7-13-9-11/h3-6,10,12-13H,2,7-9H2,1H3. The minimum atomic E-state index is 0.352. The molecule has 2 unspecified atom stereocenters. The van der Waals surface area contributed by atoms with Crippen molar-refractivity contribution < 1.29 is 0 Å². The molecular formula is C11H18N2. The first-order valence-electron chi connectivity index (χ1n) is 5.15. The smallest absolute Gasteiger partial charge is 0.0209 e. The Hall–Kier alpha value is -0.600. The molecule has 2 aliphatic rings. The molecule has 13 heavy (non-hydrogen) atoms. The second kappa shape index (κ2) is 3.64. The minimum absolute atomic E-state index is 0.352. The first kappa shape index (κ1) is 8.97. The van der Waals surface area contributed by atoms with Crippen LogP contribution in [-0.4, -0.2) is 26.2 Å². The Morgan fingerprint density at radius 2 is 2.46 bits per heavy atom. The fraction of sp³-hybridized carbons (Fsp3) is 0.636. The summed E-state index contributed by atoms with van der Waals surface area (Å²) < 4.78 is 0. The van der Waals surface area contributed by atoms with Gasteiger partial charge in [-0.15, -0.1) is 0 Å². The van der Waals surface area contributed by atoms with Crippen LogP contribution in [0.1, 0.15) is 6.92 Å². The molecule has 1 fully saturated rings. The molecule has 1 aliphatic heterocycles. The van der Waals surface area contributed by atoms with Crippen LogP contribution < -0.4 is 10.6 Å². The quantitative estimate of drug-likeness (QED) is 0.672. The Balaban J connectivity index is 2.09. The lowest BCUT2D eigenvalue weighted by Crippen LogP contribution is -2.39. The molecule has 0 bridgehead atoms. The number of fused-ring (bicyclic) bond motifs is 1. The van der Waals surface area contributed by atoms with E-state index in [0.717, 1.165) is 26.2 Å². The summed E-state index contributed by atoms with van der Waals surface area (Å²) in [5.74, 6) is 0.691. The summed E-state index contributed by atoms with van der Waals surface area (Å²) in [6.45, 7) is 6.57. The lowest BCUT2D eigenvalue weighted by atomic mass is 9.75. The molecule has 1 aliphatic carbocycles. The zero-order chi connectivity index (χ0) is 9.15. The molecule has 0 radical (unpaired) electrons. The highest BCUT2D eigenvalue weighted by atomic mass is 15.0. The van der Waals surface area contributed by atoms with Gasteiger partial charge in [0.25, 0.3) is 0 Å². The number of hydrogen-bond acceptors (Lipinski definition) is 2. The summed E-state index contributed by atoms with van der Waals surface area (Å²) in [4.78, 5) is 0. The molecule has 1 heterocycles. The van der Waals surface area contributed by atoms with Crippen LogP contribution in [-0.2, 0) is 0 Å². The number of allylic oxidation sites excluding steroid dienone is 2. The molecular weight excluding hydrogens is 160 g/mol. The fourth-order valence-corrected chi connectivity index (χ4v) is 2.29. The van der Waals surface area contributed by atoms with Gasteiger partial charge in [-0.1, -0.05) is 31.2 Å². The van der Waals surface area contributed by atoms with Gasteiger partial charge in [0.05, 0.1) is 0 Å². The maximum absolute atomic E-state index is 3.47. The molecule has 0 aromatic carbocycles. The van der Waals surface area contributed by atoms with Crippen molar-refractivity contribution >= 4 is 0 Å². The van der Waals surface area contributed by atoms with Gasteiger partial charge < -0.3 is 10.6 Å². The number of nitrogens with one attached hydrogen (secondary N) is 2. The summed E-state index contributed by atoms with van der Waals surface area (Å²) in [7, 11) is 0. The van der Waals surface area contributed by atoms with E-state index in [-0.39, 0.29) is 0 Å². The van der Waals surface area contributed by atoms with E-state index in [9.17, 15) is 0 Å². The molecule has 2 nitrogen and oxygen atoms in total. The first-order valence-corrected chi connectivity index (χ1v) is 5.15. The Morgan fingerprint density at radius 3 is 3.31 bits per heavy atom. The molecule has 2 heteroatoms. The highest BCUT2D eigenvalue weighted by Gasteiger charge is 2.39. The van der Waals surface area contributed by atoms with Gasteiger partial charge in [0.15, 0.2) is 0 Å². The van der Waals surface area contributed by atoms with Crippen LogP contribution in [0.2, 0.25) is 0 Å². The van der Waals surface area contributed by atoms with Gasteiger partial charge >= 0.3 is 0 Å². The van der Waals surface area contributed by atoms with Crippen molar-refractivity contribution in [1.82, 2.24) is 10.6 Å². The van der Waals surface area contributed by atoms with Crippen LogP contribution in [0.4, 0.5) is 0 Å². The van der Waals surface area contributed by atoms with E-state index >= 15 is 0 Å². The second-order valence-corrected chi connectivity index (χ2v) is 3.99. The monoisotopic (exact) mass is 178 g/mol. The van der Waals surface area contributed by atoms with Gasteiger partial charge in [0.2, 0.25) is 0 Å². The molecule has 72 valence electrons. The third-order valence-corrected chi connectivity index (χ3v) is 3.14. The Bertz CT molecular complexity index is 232. The molecule has 0 spiro atoms. The van der Waals surface area contributed by atoms with Crippen LogP contribution in [0.5, 0.6) is 0 Å². The highest BCUT2D eigenvalue weighted by Crippen LogP contribution is 2.35. The number of hydrogen-bond donors (Lipinski definition) is 2. The van der Waals surface area contributed by atoms with E-state index in [1.54, 1.807) is 0 Å². The Labute approximate surface area is 80.1 Å². The number of rotatable bonds is 3. The zero-order valence-electron chi connectivity index (χ0n) is 8.22. The van der Waals surface area contributed by atoms with E-state index in [1.165, 1.54) is 0 Å². The summed E-state index contributed by atoms with van der Waals surface area (Å²) in [6, 6.07) is 0. The average Bonchev–Trinajstić information content (AvgIpc) is 2.58. The van der Waals surface area contributed by atoms with Crippen LogP contribution in [0.15, 0.2) is 24.3 Å². The lowest BCUT2D eigenvalue weighted by molar-refractivity contribution is 0.332. The van der Waals surface area contributed by atoms with Gasteiger partial charge in [-0.2, -0.15) is 0 Å². The second-order valence-electron chi connectivity index (χ2n) is 3.99. The molecule has 2 N–H and O–H groups in total. The van der Waals surface area contributed by atoms with Crippen molar-refractivity contribution in [3.8, 4) is 0 Å². The molecule has 0 saturated carbocycles. The van der Waals surface area contributed by atoms with E-state index in [1.807, 2.05) is 0 Å². The molecule has 0 aromatic rings. The van der Waals surface area contributed by atoms with Crippen LogP contribution in [0.25, 0.3) is 0 Å². The van der Waals surface area contributed by atoms with Gasteiger partial charge in [-0.25, -0.2) is 0 Å². The average molecular weight is 178 g/mol. The van der Waals surface area contributed by atoms with Crippen molar-refractivity contribution in [1.29, 1.82) is 0 Å². The third kappa shape index (κ3) is 1.56. The Morgan fingerprint density at radius 1 is 1.54 bits per heavy atom. The van der Waals surface area contributed by atoms with E-state index in [2.05, 4.69) is 41.9 Å². The summed E-state index contributed by atoms with van der Waals surface area (Å²) in [5, 5.41) is 6.93. The van der Waals surface area contributed by atoms with E-state index in [0.29, 0.717) is 11.3 Å². The normalized spacial score (nSPS) is 36.5. The van der Waals surface area contributed by atoms with Crippen LogP contribution in [0, 0.1) is 11.3 Å². The summed E-state index contributed by atoms with van der Waals surface area (Å²) >= 11 is 0. The van der Waals surface area contributed by atoms with Gasteiger partial charge in [-0.3, -0.25) is 0 Å². The molecule has 0 aromatic heterocycles. The first-order chi connectivity index (χ1) is 6.37. The summed E-state index contributed by atoms with van der Waals surface area (Å²) in [5.41, 5.74) is 0.352. The molecule has 2 rings (SSSR count). The lowest BCUT2D eigenvalue weighted by Gasteiger charge is -2.32. The molecule has 2 atom stereocenters. The van der Waals surface area contributed by atoms with Crippen LogP contribution >= 0.6 is 0 Å². The summed E-state index contributed by atoms with van der Waals surface area (Å²) in [6.07, 6.45) is 9.04. The van der Waals surface area contributed by atoms with Crippen molar-refractivity contribution in [2.45, 2.75) is 6.92 Å². The van der Waals surface area contributed by atoms with Crippen molar-refractivity contribution in [3.63, 3.8) is 0 Å². The maximum Gasteiger partial charge on any atom is 0.0209 e. The van der Waals surface area contributed by atoms with Gasteiger partial charge in [0.1, 0.15) is 0 Å². The topological polar surface area (TPSA) is 24.1 Å². The largest absolute Gasteiger partial charge is 0.316 e. The zero-order valence-corrected chi connectivity index (χ0v) is 8.22. The predicted octanol–water partition coefficient (Wildman–Crippen LogP) is 0.928. The van der Waals surface area contributed by atoms with Crippen molar-refractivity contribution in [2.24, 2.45) is 11.3 Å². The minimum Gasteiger partial charge on any atom is -0.316 e. The van der Waals surface area contributed by atoms with Gasteiger partial charge in [-0.05, 0) is 6.54 Å². The van der Waals surface area contributed by atoms with Gasteiger partial charge in [0, 0.05) is 31.0 Å². The predicted molar refractivity (Wildman–Crippen MR) is 55.6 cm³/mol. The Kier molecular flexibility index (Phi) is 2.51. The van der Waals surface area contributed by atoms with Crippen LogP contribution in [0.3, 0.4) is 0 Å². The van der Waals surface area contributed by atoms with E-state index in [4.69, 9.17) is 0 Å². The SMILES string of the molecule is CCNCC12C=CC=CC1CNC2. The third-order valence-electron chi connectivity index (χ3n) is 3.14.